The van der Waals surface area contributed by atoms with E-state index in [2.05, 4.69) is 80.2 Å². The minimum Gasteiger partial charge on any atom is -0.388 e. The molecule has 0 bridgehead atoms. The van der Waals surface area contributed by atoms with Gasteiger partial charge in [0.2, 0.25) is 0 Å². The van der Waals surface area contributed by atoms with Crippen molar-refractivity contribution in [3.05, 3.63) is 71.4 Å². The van der Waals surface area contributed by atoms with Gasteiger partial charge < -0.3 is 10.2 Å². The zero-order chi connectivity index (χ0) is 16.6. The maximum absolute atomic E-state index is 4.19. The smallest absolute Gasteiger partial charge is 0.0495 e. The average molecular weight is 322 g/mol. The van der Waals surface area contributed by atoms with Crippen LogP contribution in [0.5, 0.6) is 0 Å². The lowest BCUT2D eigenvalue weighted by Gasteiger charge is -2.29. The van der Waals surface area contributed by atoms with Crippen molar-refractivity contribution in [1.29, 1.82) is 0 Å². The van der Waals surface area contributed by atoms with Gasteiger partial charge in [-0.3, -0.25) is 0 Å². The Kier molecular flexibility index (Phi) is 4.22. The van der Waals surface area contributed by atoms with Crippen molar-refractivity contribution < 1.29 is 0 Å². The molecule has 0 fully saturated rings. The molecule has 3 heteroatoms. The number of nitrogens with one attached hydrogen (secondary N) is 1. The van der Waals surface area contributed by atoms with E-state index in [1.165, 1.54) is 32.2 Å². The molecule has 1 heterocycles. The first-order valence-corrected chi connectivity index (χ1v) is 8.53. The third-order valence-corrected chi connectivity index (χ3v) is 5.40. The minimum atomic E-state index is 1.02. The zero-order valence-corrected chi connectivity index (χ0v) is 14.9. The number of rotatable bonds is 3. The summed E-state index contributed by atoms with van der Waals surface area (Å²) in [4.78, 5) is 4.65. The zero-order valence-electron chi connectivity index (χ0n) is 14.1. The summed E-state index contributed by atoms with van der Waals surface area (Å²) in [5, 5.41) is 3.16. The topological polar surface area (TPSA) is 15.3 Å². The molecule has 0 atom stereocenters. The quantitative estimate of drug-likeness (QED) is 0.810. The number of nitrogens with zero attached hydrogens (tertiary/aromatic N) is 1. The normalized spacial score (nSPS) is 13.7. The Morgan fingerprint density at radius 1 is 1.04 bits per heavy atom. The second-order valence-electron chi connectivity index (χ2n) is 5.89. The van der Waals surface area contributed by atoms with E-state index in [1.807, 2.05) is 7.05 Å². The lowest BCUT2D eigenvalue weighted by molar-refractivity contribution is 1.12. The molecule has 0 aliphatic carbocycles. The SMILES string of the molecule is C=C1C=C(Sc2ccc(NC)cc2)c2cc(C)c(C)cc2N1C. The number of allylic oxidation sites excluding steroid dienone is 1. The molecule has 2 nitrogen and oxygen atoms in total. The Morgan fingerprint density at radius 3 is 2.35 bits per heavy atom. The predicted octanol–water partition coefficient (Wildman–Crippen LogP) is 5.44. The monoisotopic (exact) mass is 322 g/mol. The summed E-state index contributed by atoms with van der Waals surface area (Å²) in [6.45, 7) is 8.52. The summed E-state index contributed by atoms with van der Waals surface area (Å²) in [6.07, 6.45) is 2.17. The number of aryl methyl sites for hydroxylation is 2. The molecule has 23 heavy (non-hydrogen) atoms. The molecule has 0 saturated carbocycles. The lowest BCUT2D eigenvalue weighted by Crippen LogP contribution is -2.19. The Balaban J connectivity index is 2.00. The van der Waals surface area contributed by atoms with Crippen molar-refractivity contribution in [3.63, 3.8) is 0 Å². The summed E-state index contributed by atoms with van der Waals surface area (Å²) in [7, 11) is 4.02. The number of hydrogen-bond donors (Lipinski definition) is 1. The highest BCUT2D eigenvalue weighted by molar-refractivity contribution is 8.08. The van der Waals surface area contributed by atoms with Crippen molar-refractivity contribution in [2.75, 3.05) is 24.3 Å². The average Bonchev–Trinajstić information content (AvgIpc) is 2.55. The molecule has 0 amide bonds. The van der Waals surface area contributed by atoms with E-state index in [1.54, 1.807) is 11.8 Å². The fourth-order valence-electron chi connectivity index (χ4n) is 2.66. The summed E-state index contributed by atoms with van der Waals surface area (Å²) >= 11 is 1.79. The molecule has 0 unspecified atom stereocenters. The molecule has 0 spiro atoms. The van der Waals surface area contributed by atoms with Crippen LogP contribution in [0.1, 0.15) is 16.7 Å². The second-order valence-corrected chi connectivity index (χ2v) is 7.00. The van der Waals surface area contributed by atoms with Gasteiger partial charge in [0.15, 0.2) is 0 Å². The third kappa shape index (κ3) is 3.02. The minimum absolute atomic E-state index is 1.02. The van der Waals surface area contributed by atoms with Gasteiger partial charge in [0.05, 0.1) is 0 Å². The van der Waals surface area contributed by atoms with Crippen LogP contribution >= 0.6 is 11.8 Å². The third-order valence-electron chi connectivity index (χ3n) is 4.34. The Bertz CT molecular complexity index is 788. The summed E-state index contributed by atoms with van der Waals surface area (Å²) in [5.41, 5.74) is 7.30. The van der Waals surface area contributed by atoms with Crippen molar-refractivity contribution >= 4 is 28.0 Å². The molecule has 2 aromatic carbocycles. The molecular formula is C20H22N2S. The van der Waals surface area contributed by atoms with Crippen LogP contribution in [-0.4, -0.2) is 14.1 Å². The van der Waals surface area contributed by atoms with E-state index >= 15 is 0 Å². The number of anilines is 2. The fourth-order valence-corrected chi connectivity index (χ4v) is 3.65. The van der Waals surface area contributed by atoms with Crippen LogP contribution in [-0.2, 0) is 0 Å². The largest absolute Gasteiger partial charge is 0.388 e. The van der Waals surface area contributed by atoms with Gasteiger partial charge in [-0.1, -0.05) is 18.3 Å². The van der Waals surface area contributed by atoms with Crippen molar-refractivity contribution in [3.8, 4) is 0 Å². The molecule has 1 aliphatic rings. The standard InChI is InChI=1S/C20H22N2S/c1-13-10-18-19(11-14(13)2)22(5)15(3)12-20(18)23-17-8-6-16(21-4)7-9-17/h6-12,21H,3H2,1-2,4-5H3. The van der Waals surface area contributed by atoms with Gasteiger partial charge in [0.25, 0.3) is 0 Å². The predicted molar refractivity (Wildman–Crippen MR) is 103 cm³/mol. The van der Waals surface area contributed by atoms with Gasteiger partial charge in [-0.2, -0.15) is 0 Å². The van der Waals surface area contributed by atoms with Crippen LogP contribution in [0.15, 0.2) is 59.6 Å². The van der Waals surface area contributed by atoms with Crippen LogP contribution in [0.25, 0.3) is 4.91 Å². The highest BCUT2D eigenvalue weighted by Gasteiger charge is 2.20. The van der Waals surface area contributed by atoms with Crippen LogP contribution in [0.4, 0.5) is 11.4 Å². The Labute approximate surface area is 142 Å². The molecule has 1 N–H and O–H groups in total. The van der Waals surface area contributed by atoms with Gasteiger partial charge >= 0.3 is 0 Å². The second kappa shape index (κ2) is 6.17. The lowest BCUT2D eigenvalue weighted by atomic mass is 10.00. The van der Waals surface area contributed by atoms with E-state index in [-0.39, 0.29) is 0 Å². The van der Waals surface area contributed by atoms with E-state index in [4.69, 9.17) is 0 Å². The van der Waals surface area contributed by atoms with Gasteiger partial charge in [-0.15, -0.1) is 0 Å². The molecule has 2 aromatic rings. The molecule has 0 radical (unpaired) electrons. The van der Waals surface area contributed by atoms with Crippen LogP contribution in [0.2, 0.25) is 0 Å². The highest BCUT2D eigenvalue weighted by atomic mass is 32.2. The van der Waals surface area contributed by atoms with Gasteiger partial charge in [-0.25, -0.2) is 0 Å². The van der Waals surface area contributed by atoms with Gasteiger partial charge in [0, 0.05) is 46.5 Å². The molecule has 0 saturated heterocycles. The van der Waals surface area contributed by atoms with Gasteiger partial charge in [0.1, 0.15) is 0 Å². The first-order valence-electron chi connectivity index (χ1n) is 7.71. The highest BCUT2D eigenvalue weighted by Crippen LogP contribution is 2.44. The number of hydrogen-bond acceptors (Lipinski definition) is 3. The first-order chi connectivity index (χ1) is 11.0. The maximum atomic E-state index is 4.19. The van der Waals surface area contributed by atoms with Crippen molar-refractivity contribution in [1.82, 2.24) is 0 Å². The molecule has 3 rings (SSSR count). The summed E-state index contributed by atoms with van der Waals surface area (Å²) < 4.78 is 0. The fraction of sp³-hybridized carbons (Fsp3) is 0.200. The number of fused-ring (bicyclic) bond motifs is 1. The maximum Gasteiger partial charge on any atom is 0.0495 e. The molecule has 118 valence electrons. The number of benzene rings is 2. The van der Waals surface area contributed by atoms with Crippen molar-refractivity contribution in [2.24, 2.45) is 0 Å². The van der Waals surface area contributed by atoms with E-state index in [0.717, 1.165) is 11.4 Å². The van der Waals surface area contributed by atoms with E-state index in [9.17, 15) is 0 Å². The van der Waals surface area contributed by atoms with Crippen LogP contribution in [0.3, 0.4) is 0 Å². The molecular weight excluding hydrogens is 300 g/mol. The number of thioether (sulfide) groups is 1. The first kappa shape index (κ1) is 15.8. The molecule has 1 aliphatic heterocycles. The van der Waals surface area contributed by atoms with Gasteiger partial charge in [-0.05, 0) is 67.4 Å². The Hall–Kier alpha value is -2.13. The Morgan fingerprint density at radius 2 is 1.70 bits per heavy atom. The number of likely N-dealkylation sites (N-methyl/N-ethyl adjacent to an activating group) is 1. The van der Waals surface area contributed by atoms with Crippen molar-refractivity contribution in [2.45, 2.75) is 18.7 Å². The summed E-state index contributed by atoms with van der Waals surface area (Å²) in [5.74, 6) is 0. The van der Waals surface area contributed by atoms with Crippen LogP contribution < -0.4 is 10.2 Å². The van der Waals surface area contributed by atoms with E-state index < -0.39 is 0 Å². The molecule has 0 aromatic heterocycles. The summed E-state index contributed by atoms with van der Waals surface area (Å²) in [6, 6.07) is 13.1. The van der Waals surface area contributed by atoms with E-state index in [0.29, 0.717) is 0 Å². The van der Waals surface area contributed by atoms with Crippen LogP contribution in [0, 0.1) is 13.8 Å².